The van der Waals surface area contributed by atoms with Crippen molar-refractivity contribution >= 4 is 0 Å². The Bertz CT molecular complexity index is 391. The van der Waals surface area contributed by atoms with Gasteiger partial charge in [-0.05, 0) is 19.0 Å². The molecule has 2 rings (SSSR count). The summed E-state index contributed by atoms with van der Waals surface area (Å²) in [5.41, 5.74) is 1.22. The molecular weight excluding hydrogens is 254 g/mol. The zero-order valence-corrected chi connectivity index (χ0v) is 12.4. The molecule has 4 nitrogen and oxygen atoms in total. The van der Waals surface area contributed by atoms with Crippen molar-refractivity contribution in [2.24, 2.45) is 5.92 Å². The van der Waals surface area contributed by atoms with Crippen molar-refractivity contribution in [2.45, 2.75) is 19.4 Å². The summed E-state index contributed by atoms with van der Waals surface area (Å²) in [6.45, 7) is 5.94. The van der Waals surface area contributed by atoms with Gasteiger partial charge in [-0.2, -0.15) is 0 Å². The van der Waals surface area contributed by atoms with Crippen LogP contribution in [-0.2, 0) is 9.47 Å². The van der Waals surface area contributed by atoms with Crippen LogP contribution in [0, 0.1) is 5.92 Å². The largest absolute Gasteiger partial charge is 0.491 e. The van der Waals surface area contributed by atoms with E-state index in [1.54, 1.807) is 7.11 Å². The molecule has 1 aliphatic heterocycles. The lowest BCUT2D eigenvalue weighted by atomic mass is 9.91. The zero-order chi connectivity index (χ0) is 14.2. The molecule has 112 valence electrons. The molecule has 4 heteroatoms. The molecule has 1 saturated heterocycles. The molecule has 0 spiro atoms. The van der Waals surface area contributed by atoms with E-state index in [2.05, 4.69) is 24.4 Å². The number of benzene rings is 1. The Morgan fingerprint density at radius 1 is 1.35 bits per heavy atom. The minimum absolute atomic E-state index is 0.293. The van der Waals surface area contributed by atoms with Crippen LogP contribution in [0.1, 0.15) is 24.9 Å². The molecule has 20 heavy (non-hydrogen) atoms. The molecule has 1 aromatic rings. The minimum atomic E-state index is 0.293. The fourth-order valence-electron chi connectivity index (χ4n) is 2.67. The van der Waals surface area contributed by atoms with Crippen LogP contribution in [-0.4, -0.2) is 40.1 Å². The van der Waals surface area contributed by atoms with Crippen molar-refractivity contribution in [3.05, 3.63) is 29.8 Å². The van der Waals surface area contributed by atoms with E-state index in [1.165, 1.54) is 5.56 Å². The van der Waals surface area contributed by atoms with E-state index >= 15 is 0 Å². The average molecular weight is 279 g/mol. The lowest BCUT2D eigenvalue weighted by Gasteiger charge is -2.25. The molecule has 1 aliphatic rings. The van der Waals surface area contributed by atoms with Crippen molar-refractivity contribution < 1.29 is 14.2 Å². The molecule has 0 bridgehead atoms. The maximum atomic E-state index is 5.86. The first kappa shape index (κ1) is 15.3. The average Bonchev–Trinajstić information content (AvgIpc) is 3.00. The summed E-state index contributed by atoms with van der Waals surface area (Å²) >= 11 is 0. The van der Waals surface area contributed by atoms with Gasteiger partial charge in [-0.1, -0.05) is 25.1 Å². The summed E-state index contributed by atoms with van der Waals surface area (Å²) in [5.74, 6) is 1.46. The monoisotopic (exact) mass is 279 g/mol. The third kappa shape index (κ3) is 3.95. The highest BCUT2D eigenvalue weighted by molar-refractivity contribution is 5.36. The van der Waals surface area contributed by atoms with E-state index in [0.717, 1.165) is 31.9 Å². The first-order valence-electron chi connectivity index (χ1n) is 7.38. The standard InChI is InChI=1S/C16H25NO3/c1-3-17-16(13-8-9-19-12-13)14-6-4-5-7-15(14)20-11-10-18-2/h4-7,13,16-17H,3,8-12H2,1-2H3. The number of para-hydroxylation sites is 1. The molecule has 2 unspecified atom stereocenters. The summed E-state index contributed by atoms with van der Waals surface area (Å²) in [7, 11) is 1.69. The van der Waals surface area contributed by atoms with Gasteiger partial charge in [0.25, 0.3) is 0 Å². The van der Waals surface area contributed by atoms with Crippen LogP contribution in [0.25, 0.3) is 0 Å². The van der Waals surface area contributed by atoms with Crippen molar-refractivity contribution in [3.63, 3.8) is 0 Å². The van der Waals surface area contributed by atoms with Crippen molar-refractivity contribution in [2.75, 3.05) is 40.1 Å². The maximum Gasteiger partial charge on any atom is 0.124 e. The fraction of sp³-hybridized carbons (Fsp3) is 0.625. The number of ether oxygens (including phenoxy) is 3. The van der Waals surface area contributed by atoms with Gasteiger partial charge in [-0.25, -0.2) is 0 Å². The first-order chi connectivity index (χ1) is 9.86. The molecular formula is C16H25NO3. The van der Waals surface area contributed by atoms with Gasteiger partial charge in [0.1, 0.15) is 12.4 Å². The Morgan fingerprint density at radius 2 is 2.20 bits per heavy atom. The molecule has 0 radical (unpaired) electrons. The van der Waals surface area contributed by atoms with Crippen LogP contribution in [0.3, 0.4) is 0 Å². The second-order valence-electron chi connectivity index (χ2n) is 5.04. The van der Waals surface area contributed by atoms with Crippen LogP contribution >= 0.6 is 0 Å². The number of nitrogens with one attached hydrogen (secondary N) is 1. The van der Waals surface area contributed by atoms with Crippen molar-refractivity contribution in [1.29, 1.82) is 0 Å². The molecule has 0 aromatic heterocycles. The van der Waals surface area contributed by atoms with Gasteiger partial charge in [0.2, 0.25) is 0 Å². The second-order valence-corrected chi connectivity index (χ2v) is 5.04. The lowest BCUT2D eigenvalue weighted by molar-refractivity contribution is 0.144. The van der Waals surface area contributed by atoms with E-state index < -0.39 is 0 Å². The van der Waals surface area contributed by atoms with Crippen LogP contribution < -0.4 is 10.1 Å². The van der Waals surface area contributed by atoms with Gasteiger partial charge in [0.05, 0.1) is 13.2 Å². The zero-order valence-electron chi connectivity index (χ0n) is 12.4. The van der Waals surface area contributed by atoms with Crippen LogP contribution in [0.15, 0.2) is 24.3 Å². The maximum absolute atomic E-state index is 5.86. The topological polar surface area (TPSA) is 39.7 Å². The number of hydrogen-bond acceptors (Lipinski definition) is 4. The van der Waals surface area contributed by atoms with Crippen molar-refractivity contribution in [1.82, 2.24) is 5.32 Å². The Balaban J connectivity index is 2.13. The predicted octanol–water partition coefficient (Wildman–Crippen LogP) is 2.40. The highest BCUT2D eigenvalue weighted by atomic mass is 16.5. The molecule has 1 heterocycles. The Hall–Kier alpha value is -1.10. The predicted molar refractivity (Wildman–Crippen MR) is 79.2 cm³/mol. The SMILES string of the molecule is CCNC(c1ccccc1OCCOC)C1CCOC1. The van der Waals surface area contributed by atoms with Crippen LogP contribution in [0.5, 0.6) is 5.75 Å². The van der Waals surface area contributed by atoms with Gasteiger partial charge < -0.3 is 19.5 Å². The summed E-state index contributed by atoms with van der Waals surface area (Å²) < 4.78 is 16.5. The Labute approximate surface area is 121 Å². The van der Waals surface area contributed by atoms with E-state index in [4.69, 9.17) is 14.2 Å². The molecule has 0 aliphatic carbocycles. The number of methoxy groups -OCH3 is 1. The summed E-state index contributed by atoms with van der Waals surface area (Å²) in [6.07, 6.45) is 1.10. The first-order valence-corrected chi connectivity index (χ1v) is 7.38. The molecule has 2 atom stereocenters. The van der Waals surface area contributed by atoms with E-state index in [9.17, 15) is 0 Å². The Morgan fingerprint density at radius 3 is 2.90 bits per heavy atom. The summed E-state index contributed by atoms with van der Waals surface area (Å²) in [5, 5.41) is 3.58. The third-order valence-corrected chi connectivity index (χ3v) is 3.66. The van der Waals surface area contributed by atoms with Crippen molar-refractivity contribution in [3.8, 4) is 5.75 Å². The molecule has 1 fully saturated rings. The van der Waals surface area contributed by atoms with Gasteiger partial charge in [0, 0.05) is 31.2 Å². The van der Waals surface area contributed by atoms with Gasteiger partial charge in [-0.15, -0.1) is 0 Å². The molecule has 1 aromatic carbocycles. The van der Waals surface area contributed by atoms with E-state index in [1.807, 2.05) is 12.1 Å². The van der Waals surface area contributed by atoms with Gasteiger partial charge in [-0.3, -0.25) is 0 Å². The molecule has 0 saturated carbocycles. The number of rotatable bonds is 8. The minimum Gasteiger partial charge on any atom is -0.491 e. The summed E-state index contributed by atoms with van der Waals surface area (Å²) in [6, 6.07) is 8.55. The molecule has 0 amide bonds. The smallest absolute Gasteiger partial charge is 0.124 e. The second kappa shape index (κ2) is 8.25. The normalized spacial score (nSPS) is 20.0. The third-order valence-electron chi connectivity index (χ3n) is 3.66. The van der Waals surface area contributed by atoms with E-state index in [0.29, 0.717) is 25.2 Å². The quantitative estimate of drug-likeness (QED) is 0.742. The van der Waals surface area contributed by atoms with Crippen LogP contribution in [0.4, 0.5) is 0 Å². The lowest BCUT2D eigenvalue weighted by Crippen LogP contribution is -2.29. The van der Waals surface area contributed by atoms with E-state index in [-0.39, 0.29) is 0 Å². The Kier molecular flexibility index (Phi) is 6.30. The highest BCUT2D eigenvalue weighted by Gasteiger charge is 2.28. The van der Waals surface area contributed by atoms with Crippen LogP contribution in [0.2, 0.25) is 0 Å². The molecule has 1 N–H and O–H groups in total. The highest BCUT2D eigenvalue weighted by Crippen LogP contribution is 2.34. The van der Waals surface area contributed by atoms with Gasteiger partial charge in [0.15, 0.2) is 0 Å². The number of hydrogen-bond donors (Lipinski definition) is 1. The fourth-order valence-corrected chi connectivity index (χ4v) is 2.67. The summed E-state index contributed by atoms with van der Waals surface area (Å²) in [4.78, 5) is 0. The van der Waals surface area contributed by atoms with Gasteiger partial charge >= 0.3 is 0 Å².